The predicted molar refractivity (Wildman–Crippen MR) is 115 cm³/mol. The average Bonchev–Trinajstić information content (AvgIpc) is 2.73. The van der Waals surface area contributed by atoms with Crippen molar-refractivity contribution in [3.8, 4) is 11.5 Å². The van der Waals surface area contributed by atoms with Crippen LogP contribution in [-0.2, 0) is 17.8 Å². The van der Waals surface area contributed by atoms with Gasteiger partial charge in [0.2, 0.25) is 5.91 Å². The van der Waals surface area contributed by atoms with E-state index in [1.807, 2.05) is 45.0 Å². The van der Waals surface area contributed by atoms with Crippen LogP contribution in [0, 0.1) is 11.7 Å². The van der Waals surface area contributed by atoms with Gasteiger partial charge in [-0.05, 0) is 42.7 Å². The Bertz CT molecular complexity index is 900. The molecule has 162 valence electrons. The van der Waals surface area contributed by atoms with Crippen LogP contribution in [0.2, 0.25) is 0 Å². The minimum absolute atomic E-state index is 0.000872. The summed E-state index contributed by atoms with van der Waals surface area (Å²) in [5, 5.41) is 3.14. The van der Waals surface area contributed by atoms with E-state index in [0.717, 1.165) is 24.1 Å². The fraction of sp³-hybridized carbons (Fsp3) is 0.458. The van der Waals surface area contributed by atoms with Gasteiger partial charge in [0.15, 0.2) is 11.5 Å². The van der Waals surface area contributed by atoms with Crippen molar-refractivity contribution in [3.63, 3.8) is 0 Å². The van der Waals surface area contributed by atoms with Crippen LogP contribution in [0.1, 0.15) is 43.5 Å². The third-order valence-corrected chi connectivity index (χ3v) is 5.72. The predicted octanol–water partition coefficient (Wildman–Crippen LogP) is 4.10. The van der Waals surface area contributed by atoms with Crippen LogP contribution in [0.3, 0.4) is 0 Å². The molecule has 2 atom stereocenters. The van der Waals surface area contributed by atoms with Gasteiger partial charge in [-0.3, -0.25) is 9.69 Å². The molecule has 0 saturated heterocycles. The summed E-state index contributed by atoms with van der Waals surface area (Å²) >= 11 is 0. The lowest BCUT2D eigenvalue weighted by Gasteiger charge is -2.41. The maximum atomic E-state index is 14.4. The molecule has 0 bridgehead atoms. The van der Waals surface area contributed by atoms with E-state index in [9.17, 15) is 9.18 Å². The van der Waals surface area contributed by atoms with E-state index in [1.54, 1.807) is 20.3 Å². The van der Waals surface area contributed by atoms with Gasteiger partial charge in [0.1, 0.15) is 5.82 Å². The van der Waals surface area contributed by atoms with Crippen LogP contribution in [0.5, 0.6) is 11.5 Å². The molecule has 0 aliphatic carbocycles. The van der Waals surface area contributed by atoms with Crippen molar-refractivity contribution < 1.29 is 18.7 Å². The van der Waals surface area contributed by atoms with Gasteiger partial charge in [-0.2, -0.15) is 0 Å². The maximum Gasteiger partial charge on any atom is 0.222 e. The van der Waals surface area contributed by atoms with E-state index in [2.05, 4.69) is 10.2 Å². The first-order chi connectivity index (χ1) is 14.3. The second-order valence-electron chi connectivity index (χ2n) is 8.11. The van der Waals surface area contributed by atoms with Crippen molar-refractivity contribution in [1.29, 1.82) is 0 Å². The number of nitrogens with zero attached hydrogens (tertiary/aromatic N) is 1. The standard InChI is InChI=1S/C24H31FN2O3/c1-15(2)24(28)26-16(3)23-19-13-22(30-5)21(29-4)12-17(19)10-11-27(23)14-18-8-6-7-9-20(18)25/h6-9,12-13,15-16,23H,10-11,14H2,1-5H3,(H,26,28)/t16-,23-/m0/s1. The van der Waals surface area contributed by atoms with E-state index < -0.39 is 0 Å². The topological polar surface area (TPSA) is 50.8 Å². The molecule has 0 saturated carbocycles. The molecule has 2 aromatic carbocycles. The summed E-state index contributed by atoms with van der Waals surface area (Å²) in [5.74, 6) is 1.02. The third kappa shape index (κ3) is 4.59. The first-order valence-electron chi connectivity index (χ1n) is 10.4. The van der Waals surface area contributed by atoms with Gasteiger partial charge in [0, 0.05) is 30.6 Å². The van der Waals surface area contributed by atoms with Crippen LogP contribution in [0.25, 0.3) is 0 Å². The largest absolute Gasteiger partial charge is 0.493 e. The van der Waals surface area contributed by atoms with Crippen molar-refractivity contribution >= 4 is 5.91 Å². The second-order valence-corrected chi connectivity index (χ2v) is 8.11. The molecule has 1 aliphatic rings. The summed E-state index contributed by atoms with van der Waals surface area (Å²) in [5.41, 5.74) is 2.88. The highest BCUT2D eigenvalue weighted by Crippen LogP contribution is 2.40. The smallest absolute Gasteiger partial charge is 0.222 e. The molecule has 30 heavy (non-hydrogen) atoms. The Morgan fingerprint density at radius 2 is 1.83 bits per heavy atom. The number of amides is 1. The number of carbonyl (C=O) groups is 1. The minimum atomic E-state index is -0.215. The molecule has 1 aliphatic heterocycles. The zero-order valence-corrected chi connectivity index (χ0v) is 18.4. The van der Waals surface area contributed by atoms with E-state index in [4.69, 9.17) is 9.47 Å². The van der Waals surface area contributed by atoms with Gasteiger partial charge in [0.25, 0.3) is 0 Å². The number of methoxy groups -OCH3 is 2. The number of hydrogen-bond acceptors (Lipinski definition) is 4. The molecular weight excluding hydrogens is 383 g/mol. The lowest BCUT2D eigenvalue weighted by Crippen LogP contribution is -2.48. The molecular formula is C24H31FN2O3. The van der Waals surface area contributed by atoms with E-state index in [0.29, 0.717) is 23.6 Å². The van der Waals surface area contributed by atoms with Gasteiger partial charge in [-0.1, -0.05) is 32.0 Å². The zero-order chi connectivity index (χ0) is 21.8. The number of ether oxygens (including phenoxy) is 2. The lowest BCUT2D eigenvalue weighted by atomic mass is 9.87. The fourth-order valence-electron chi connectivity index (χ4n) is 4.11. The number of fused-ring (bicyclic) bond motifs is 1. The second kappa shape index (κ2) is 9.47. The Hall–Kier alpha value is -2.60. The van der Waals surface area contributed by atoms with Crippen molar-refractivity contribution in [3.05, 3.63) is 58.9 Å². The Morgan fingerprint density at radius 1 is 1.17 bits per heavy atom. The molecule has 1 amide bonds. The number of benzene rings is 2. The number of hydrogen-bond donors (Lipinski definition) is 1. The van der Waals surface area contributed by atoms with Crippen molar-refractivity contribution in [1.82, 2.24) is 10.2 Å². The normalized spacial score (nSPS) is 17.4. The monoisotopic (exact) mass is 414 g/mol. The van der Waals surface area contributed by atoms with Crippen LogP contribution in [0.15, 0.2) is 36.4 Å². The summed E-state index contributed by atoms with van der Waals surface area (Å²) in [4.78, 5) is 14.7. The molecule has 0 spiro atoms. The summed E-state index contributed by atoms with van der Waals surface area (Å²) < 4.78 is 25.4. The molecule has 6 heteroatoms. The summed E-state index contributed by atoms with van der Waals surface area (Å²) in [6.45, 7) is 6.98. The molecule has 3 rings (SSSR count). The SMILES string of the molecule is COc1cc2c(cc1OC)[C@H]([C@H](C)NC(=O)C(C)C)N(Cc1ccccc1F)CC2. The van der Waals surface area contributed by atoms with E-state index in [1.165, 1.54) is 6.07 Å². The van der Waals surface area contributed by atoms with Crippen molar-refractivity contribution in [2.24, 2.45) is 5.92 Å². The maximum absolute atomic E-state index is 14.4. The minimum Gasteiger partial charge on any atom is -0.493 e. The van der Waals surface area contributed by atoms with Crippen LogP contribution >= 0.6 is 0 Å². The van der Waals surface area contributed by atoms with Crippen LogP contribution in [-0.4, -0.2) is 37.6 Å². The molecule has 0 aromatic heterocycles. The van der Waals surface area contributed by atoms with Gasteiger partial charge >= 0.3 is 0 Å². The quantitative estimate of drug-likeness (QED) is 0.741. The van der Waals surface area contributed by atoms with Crippen LogP contribution in [0.4, 0.5) is 4.39 Å². The van der Waals surface area contributed by atoms with Gasteiger partial charge in [0.05, 0.1) is 20.3 Å². The molecule has 5 nitrogen and oxygen atoms in total. The number of carbonyl (C=O) groups excluding carboxylic acids is 1. The highest BCUT2D eigenvalue weighted by Gasteiger charge is 2.34. The molecule has 1 N–H and O–H groups in total. The molecule has 1 heterocycles. The Morgan fingerprint density at radius 3 is 2.47 bits per heavy atom. The molecule has 2 aromatic rings. The number of rotatable bonds is 7. The summed E-state index contributed by atoms with van der Waals surface area (Å²) in [6.07, 6.45) is 0.811. The number of nitrogens with one attached hydrogen (secondary N) is 1. The van der Waals surface area contributed by atoms with Gasteiger partial charge in [-0.25, -0.2) is 4.39 Å². The summed E-state index contributed by atoms with van der Waals surface area (Å²) in [7, 11) is 3.24. The fourth-order valence-corrected chi connectivity index (χ4v) is 4.11. The van der Waals surface area contributed by atoms with E-state index >= 15 is 0 Å². The van der Waals surface area contributed by atoms with Crippen molar-refractivity contribution in [2.45, 2.75) is 45.8 Å². The molecule has 0 radical (unpaired) electrons. The van der Waals surface area contributed by atoms with E-state index in [-0.39, 0.29) is 29.7 Å². The average molecular weight is 415 g/mol. The Labute approximate surface area is 178 Å². The first kappa shape index (κ1) is 22.1. The first-order valence-corrected chi connectivity index (χ1v) is 10.4. The third-order valence-electron chi connectivity index (χ3n) is 5.72. The molecule has 0 unspecified atom stereocenters. The Balaban J connectivity index is 2.01. The molecule has 0 fully saturated rings. The van der Waals surface area contributed by atoms with Gasteiger partial charge in [-0.15, -0.1) is 0 Å². The Kier molecular flexibility index (Phi) is 6.98. The van der Waals surface area contributed by atoms with Crippen LogP contribution < -0.4 is 14.8 Å². The van der Waals surface area contributed by atoms with Crippen molar-refractivity contribution in [2.75, 3.05) is 20.8 Å². The highest BCUT2D eigenvalue weighted by atomic mass is 19.1. The lowest BCUT2D eigenvalue weighted by molar-refractivity contribution is -0.125. The van der Waals surface area contributed by atoms with Gasteiger partial charge < -0.3 is 14.8 Å². The zero-order valence-electron chi connectivity index (χ0n) is 18.4. The summed E-state index contributed by atoms with van der Waals surface area (Å²) in [6, 6.07) is 10.6. The number of halogens is 1. The highest BCUT2D eigenvalue weighted by molar-refractivity contribution is 5.78.